The van der Waals surface area contributed by atoms with Crippen LogP contribution >= 0.6 is 10.7 Å². The number of halogens is 1. The number of nitrogens with one attached hydrogen (secondary N) is 1. The average Bonchev–Trinajstić information content (AvgIpc) is 2.38. The standard InChI is InChI=1S/C13H18ClNO4S/c1-18-13-10(9-20(14,16)17)4-2-6-12(13)19-11-5-3-7-15-8-11/h2,4,6,11,15H,3,5,7-9H2,1H3. The number of methoxy groups -OCH3 is 1. The van der Waals surface area contributed by atoms with Gasteiger partial charge in [0.1, 0.15) is 6.10 Å². The lowest BCUT2D eigenvalue weighted by Crippen LogP contribution is -2.37. The Bertz CT molecular complexity index is 555. The summed E-state index contributed by atoms with van der Waals surface area (Å²) in [4.78, 5) is 0. The molecule has 1 aliphatic heterocycles. The maximum Gasteiger partial charge on any atom is 0.236 e. The zero-order valence-corrected chi connectivity index (χ0v) is 12.8. The first-order valence-corrected chi connectivity index (χ1v) is 8.93. The van der Waals surface area contributed by atoms with Gasteiger partial charge in [0, 0.05) is 22.8 Å². The van der Waals surface area contributed by atoms with Gasteiger partial charge in [0.15, 0.2) is 11.5 Å². The molecule has 1 fully saturated rings. The first kappa shape index (κ1) is 15.4. The average molecular weight is 320 g/mol. The molecule has 1 heterocycles. The topological polar surface area (TPSA) is 64.6 Å². The smallest absolute Gasteiger partial charge is 0.236 e. The Labute approximate surface area is 123 Å². The van der Waals surface area contributed by atoms with E-state index in [9.17, 15) is 8.42 Å². The highest BCUT2D eigenvalue weighted by atomic mass is 35.7. The molecule has 1 unspecified atom stereocenters. The summed E-state index contributed by atoms with van der Waals surface area (Å²) in [6.07, 6.45) is 2.09. The van der Waals surface area contributed by atoms with Crippen LogP contribution < -0.4 is 14.8 Å². The van der Waals surface area contributed by atoms with Crippen molar-refractivity contribution in [3.05, 3.63) is 23.8 Å². The van der Waals surface area contributed by atoms with Crippen molar-refractivity contribution < 1.29 is 17.9 Å². The number of rotatable bonds is 5. The van der Waals surface area contributed by atoms with Crippen molar-refractivity contribution in [2.24, 2.45) is 0 Å². The van der Waals surface area contributed by atoms with E-state index in [1.165, 1.54) is 7.11 Å². The summed E-state index contributed by atoms with van der Waals surface area (Å²) >= 11 is 0. The maximum atomic E-state index is 11.2. The molecule has 0 bridgehead atoms. The molecule has 5 nitrogen and oxygen atoms in total. The van der Waals surface area contributed by atoms with Crippen LogP contribution in [0.3, 0.4) is 0 Å². The van der Waals surface area contributed by atoms with Gasteiger partial charge in [0.05, 0.1) is 12.9 Å². The van der Waals surface area contributed by atoms with E-state index < -0.39 is 9.05 Å². The molecule has 0 saturated carbocycles. The third-order valence-corrected chi connectivity index (χ3v) is 4.12. The summed E-state index contributed by atoms with van der Waals surface area (Å²) in [5, 5.41) is 3.26. The Kier molecular flexibility index (Phi) is 5.12. The molecular formula is C13H18ClNO4S. The molecule has 1 aliphatic rings. The SMILES string of the molecule is COc1c(CS(=O)(=O)Cl)cccc1OC1CCCNC1. The summed E-state index contributed by atoms with van der Waals surface area (Å²) < 4.78 is 33.7. The third-order valence-electron chi connectivity index (χ3n) is 3.14. The zero-order chi connectivity index (χ0) is 14.6. The first-order chi connectivity index (χ1) is 9.49. The number of hydrogen-bond donors (Lipinski definition) is 1. The van der Waals surface area contributed by atoms with Crippen molar-refractivity contribution in [3.8, 4) is 11.5 Å². The molecule has 1 atom stereocenters. The van der Waals surface area contributed by atoms with E-state index in [-0.39, 0.29) is 11.9 Å². The molecule has 0 aliphatic carbocycles. The van der Waals surface area contributed by atoms with Crippen LogP contribution in [0.4, 0.5) is 0 Å². The van der Waals surface area contributed by atoms with Crippen LogP contribution in [-0.2, 0) is 14.8 Å². The van der Waals surface area contributed by atoms with Gasteiger partial charge >= 0.3 is 0 Å². The number of para-hydroxylation sites is 1. The molecule has 1 aromatic carbocycles. The largest absolute Gasteiger partial charge is 0.493 e. The van der Waals surface area contributed by atoms with E-state index >= 15 is 0 Å². The summed E-state index contributed by atoms with van der Waals surface area (Å²) in [6, 6.07) is 5.19. The molecule has 1 saturated heterocycles. The second-order valence-electron chi connectivity index (χ2n) is 4.72. The van der Waals surface area contributed by atoms with Gasteiger partial charge in [-0.25, -0.2) is 8.42 Å². The second kappa shape index (κ2) is 6.65. The predicted octanol–water partition coefficient (Wildman–Crippen LogP) is 1.89. The number of benzene rings is 1. The summed E-state index contributed by atoms with van der Waals surface area (Å²) in [5.74, 6) is 0.707. The molecule has 0 aromatic heterocycles. The number of hydrogen-bond acceptors (Lipinski definition) is 5. The molecule has 112 valence electrons. The molecule has 1 aromatic rings. The highest BCUT2D eigenvalue weighted by Crippen LogP contribution is 2.33. The third kappa shape index (κ3) is 4.26. The van der Waals surface area contributed by atoms with Crippen molar-refractivity contribution in [1.82, 2.24) is 5.32 Å². The van der Waals surface area contributed by atoms with Crippen LogP contribution in [0.2, 0.25) is 0 Å². The van der Waals surface area contributed by atoms with Crippen LogP contribution in [-0.4, -0.2) is 34.7 Å². The van der Waals surface area contributed by atoms with Crippen molar-refractivity contribution in [2.45, 2.75) is 24.7 Å². The summed E-state index contributed by atoms with van der Waals surface area (Å²) in [7, 11) is 3.16. The fraction of sp³-hybridized carbons (Fsp3) is 0.538. The van der Waals surface area contributed by atoms with Crippen LogP contribution in [0.25, 0.3) is 0 Å². The monoisotopic (exact) mass is 319 g/mol. The van der Waals surface area contributed by atoms with Gasteiger partial charge < -0.3 is 14.8 Å². The maximum absolute atomic E-state index is 11.2. The molecule has 7 heteroatoms. The molecular weight excluding hydrogens is 302 g/mol. The molecule has 1 N–H and O–H groups in total. The van der Waals surface area contributed by atoms with Crippen LogP contribution in [0.15, 0.2) is 18.2 Å². The van der Waals surface area contributed by atoms with Gasteiger partial charge in [-0.15, -0.1) is 0 Å². The van der Waals surface area contributed by atoms with Crippen LogP contribution in [0.1, 0.15) is 18.4 Å². The molecule has 2 rings (SSSR count). The first-order valence-electron chi connectivity index (χ1n) is 6.45. The normalized spacial score (nSPS) is 19.6. The van der Waals surface area contributed by atoms with Gasteiger partial charge in [-0.1, -0.05) is 12.1 Å². The number of ether oxygens (including phenoxy) is 2. The van der Waals surface area contributed by atoms with Crippen LogP contribution in [0, 0.1) is 0 Å². The molecule has 0 radical (unpaired) electrons. The van der Waals surface area contributed by atoms with Crippen molar-refractivity contribution in [3.63, 3.8) is 0 Å². The van der Waals surface area contributed by atoms with Crippen molar-refractivity contribution in [1.29, 1.82) is 0 Å². The molecule has 0 spiro atoms. The Morgan fingerprint density at radius 1 is 1.45 bits per heavy atom. The van der Waals surface area contributed by atoms with E-state index in [1.807, 2.05) is 0 Å². The van der Waals surface area contributed by atoms with E-state index in [4.69, 9.17) is 20.2 Å². The number of piperidine rings is 1. The van der Waals surface area contributed by atoms with Crippen LogP contribution in [0.5, 0.6) is 11.5 Å². The Morgan fingerprint density at radius 2 is 2.25 bits per heavy atom. The van der Waals surface area contributed by atoms with Gasteiger partial charge in [0.25, 0.3) is 0 Å². The lowest BCUT2D eigenvalue weighted by Gasteiger charge is -2.25. The van der Waals surface area contributed by atoms with E-state index in [0.717, 1.165) is 25.9 Å². The molecule has 0 amide bonds. The summed E-state index contributed by atoms with van der Waals surface area (Å²) in [5.41, 5.74) is 0.503. The Hall–Kier alpha value is -0.980. The van der Waals surface area contributed by atoms with Gasteiger partial charge in [-0.3, -0.25) is 0 Å². The van der Waals surface area contributed by atoms with Crippen molar-refractivity contribution >= 4 is 19.7 Å². The van der Waals surface area contributed by atoms with Crippen molar-refractivity contribution in [2.75, 3.05) is 20.2 Å². The zero-order valence-electron chi connectivity index (χ0n) is 11.3. The highest BCUT2D eigenvalue weighted by Gasteiger charge is 2.20. The van der Waals surface area contributed by atoms with E-state index in [2.05, 4.69) is 5.32 Å². The predicted molar refractivity (Wildman–Crippen MR) is 78.0 cm³/mol. The minimum atomic E-state index is -3.64. The molecule has 20 heavy (non-hydrogen) atoms. The quantitative estimate of drug-likeness (QED) is 0.840. The summed E-state index contributed by atoms with van der Waals surface area (Å²) in [6.45, 7) is 1.78. The Balaban J connectivity index is 2.21. The van der Waals surface area contributed by atoms with E-state index in [1.54, 1.807) is 18.2 Å². The van der Waals surface area contributed by atoms with Gasteiger partial charge in [-0.2, -0.15) is 0 Å². The van der Waals surface area contributed by atoms with Gasteiger partial charge in [-0.05, 0) is 25.5 Å². The fourth-order valence-corrected chi connectivity index (χ4v) is 3.24. The van der Waals surface area contributed by atoms with E-state index in [0.29, 0.717) is 17.1 Å². The minimum absolute atomic E-state index is 0.0699. The lowest BCUT2D eigenvalue weighted by atomic mass is 10.1. The fourth-order valence-electron chi connectivity index (χ4n) is 2.29. The van der Waals surface area contributed by atoms with Gasteiger partial charge in [0.2, 0.25) is 9.05 Å². The lowest BCUT2D eigenvalue weighted by molar-refractivity contribution is 0.161. The highest BCUT2D eigenvalue weighted by molar-refractivity contribution is 8.13. The second-order valence-corrected chi connectivity index (χ2v) is 7.49. The Morgan fingerprint density at radius 3 is 2.85 bits per heavy atom. The minimum Gasteiger partial charge on any atom is -0.493 e.